The molecule has 0 saturated carbocycles. The van der Waals surface area contributed by atoms with Crippen molar-refractivity contribution in [3.63, 3.8) is 0 Å². The number of halogens is 2. The Balaban J connectivity index is 1.63. The average molecular weight is 520 g/mol. The van der Waals surface area contributed by atoms with Crippen LogP contribution in [0.15, 0.2) is 66.3 Å². The molecule has 2 N–H and O–H groups in total. The fourth-order valence-electron chi connectivity index (χ4n) is 5.63. The van der Waals surface area contributed by atoms with Gasteiger partial charge in [0.05, 0.1) is 10.7 Å². The van der Waals surface area contributed by atoms with E-state index in [1.54, 1.807) is 0 Å². The molecule has 2 unspecified atom stereocenters. The van der Waals surface area contributed by atoms with E-state index in [0.717, 1.165) is 61.1 Å². The van der Waals surface area contributed by atoms with E-state index < -0.39 is 5.82 Å². The molecular formula is C30H35ClFN5. The summed E-state index contributed by atoms with van der Waals surface area (Å²) < 4.78 is 16.5. The first-order valence-corrected chi connectivity index (χ1v) is 13.4. The zero-order valence-electron chi connectivity index (χ0n) is 21.6. The number of fused-ring (bicyclic) bond motifs is 3. The first kappa shape index (κ1) is 25.7. The number of nitrogens with one attached hydrogen (secondary N) is 2. The van der Waals surface area contributed by atoms with Gasteiger partial charge in [0.2, 0.25) is 0 Å². The van der Waals surface area contributed by atoms with Crippen LogP contribution >= 0.6 is 11.6 Å². The molecule has 2 atom stereocenters. The summed E-state index contributed by atoms with van der Waals surface area (Å²) in [5, 5.41) is 9.15. The van der Waals surface area contributed by atoms with E-state index in [1.165, 1.54) is 6.20 Å². The van der Waals surface area contributed by atoms with Gasteiger partial charge in [0.25, 0.3) is 0 Å². The molecule has 0 spiro atoms. The highest BCUT2D eigenvalue weighted by atomic mass is 35.5. The number of hydrogen-bond donors (Lipinski definition) is 2. The van der Waals surface area contributed by atoms with Crippen LogP contribution in [0.25, 0.3) is 21.9 Å². The van der Waals surface area contributed by atoms with Crippen LogP contribution in [0.3, 0.4) is 0 Å². The molecule has 37 heavy (non-hydrogen) atoms. The second kappa shape index (κ2) is 11.2. The number of hydrogen-bond acceptors (Lipinski definition) is 4. The van der Waals surface area contributed by atoms with Gasteiger partial charge in [-0.1, -0.05) is 60.6 Å². The maximum absolute atomic E-state index is 16.5. The zero-order valence-corrected chi connectivity index (χ0v) is 22.4. The van der Waals surface area contributed by atoms with Gasteiger partial charge in [-0.15, -0.1) is 0 Å². The summed E-state index contributed by atoms with van der Waals surface area (Å²) in [5.41, 5.74) is 2.19. The molecule has 3 aromatic rings. The van der Waals surface area contributed by atoms with Crippen molar-refractivity contribution in [2.24, 2.45) is 4.99 Å². The topological polar surface area (TPSA) is 42.9 Å². The van der Waals surface area contributed by atoms with Crippen LogP contribution in [0.4, 0.5) is 10.1 Å². The van der Waals surface area contributed by atoms with Crippen LogP contribution in [-0.2, 0) is 0 Å². The van der Waals surface area contributed by atoms with Crippen molar-refractivity contribution in [3.05, 3.63) is 77.7 Å². The van der Waals surface area contributed by atoms with E-state index in [9.17, 15) is 0 Å². The van der Waals surface area contributed by atoms with E-state index in [1.807, 2.05) is 48.5 Å². The molecule has 0 amide bonds. The third kappa shape index (κ3) is 5.37. The van der Waals surface area contributed by atoms with Crippen LogP contribution < -0.4 is 10.6 Å². The number of likely N-dealkylation sites (tertiary alicyclic amines) is 1. The van der Waals surface area contributed by atoms with Crippen LogP contribution in [0.1, 0.15) is 24.8 Å². The second-order valence-corrected chi connectivity index (χ2v) is 10.7. The Labute approximate surface area is 224 Å². The summed E-state index contributed by atoms with van der Waals surface area (Å²) >= 11 is 6.91. The van der Waals surface area contributed by atoms with Gasteiger partial charge in [-0.25, -0.2) is 4.39 Å². The number of nitrogens with zero attached hydrogens (tertiary/aromatic N) is 3. The van der Waals surface area contributed by atoms with Crippen molar-refractivity contribution in [1.82, 2.24) is 15.1 Å². The molecule has 2 aliphatic rings. The Bertz CT molecular complexity index is 1300. The van der Waals surface area contributed by atoms with Crippen molar-refractivity contribution in [2.75, 3.05) is 45.6 Å². The standard InChI is InChI=1S/C30H35ClFN5/c1-4-33-29-25(30(34-15-8-16-36(2)3)37-18-21-13-14-22(19-37)35-21)17-26(31)27(28(29)32)24-12-7-10-20-9-5-6-11-23(20)24/h4-7,9-12,17,21-22,33,35H,1,8,13-16,18-19H2,2-3H3. The second-order valence-electron chi connectivity index (χ2n) is 10.3. The summed E-state index contributed by atoms with van der Waals surface area (Å²) in [5.74, 6) is 0.407. The predicted octanol–water partition coefficient (Wildman–Crippen LogP) is 5.99. The molecule has 2 aliphatic heterocycles. The number of aliphatic imine (C=N–C) groups is 1. The maximum atomic E-state index is 16.5. The monoisotopic (exact) mass is 519 g/mol. The molecule has 0 aromatic heterocycles. The van der Waals surface area contributed by atoms with Gasteiger partial charge in [0, 0.05) is 42.8 Å². The lowest BCUT2D eigenvalue weighted by Gasteiger charge is -2.36. The number of amidine groups is 1. The molecule has 5 rings (SSSR count). The van der Waals surface area contributed by atoms with E-state index in [-0.39, 0.29) is 0 Å². The van der Waals surface area contributed by atoms with Crippen LogP contribution in [0, 0.1) is 5.82 Å². The highest BCUT2D eigenvalue weighted by Gasteiger charge is 2.35. The SMILES string of the molecule is C=CNc1c(C(=NCCCN(C)C)N2CC3CCC(C2)N3)cc(Cl)c(-c2cccc3ccccc23)c1F. The predicted molar refractivity (Wildman–Crippen MR) is 154 cm³/mol. The number of piperazine rings is 1. The van der Waals surface area contributed by atoms with Gasteiger partial charge >= 0.3 is 0 Å². The molecular weight excluding hydrogens is 485 g/mol. The van der Waals surface area contributed by atoms with Gasteiger partial charge < -0.3 is 20.4 Å². The lowest BCUT2D eigenvalue weighted by atomic mass is 9.95. The zero-order chi connectivity index (χ0) is 25.9. The van der Waals surface area contributed by atoms with E-state index in [4.69, 9.17) is 16.6 Å². The first-order valence-electron chi connectivity index (χ1n) is 13.0. The number of anilines is 1. The molecule has 2 bridgehead atoms. The average Bonchev–Trinajstić information content (AvgIpc) is 3.23. The summed E-state index contributed by atoms with van der Waals surface area (Å²) in [6.07, 6.45) is 4.75. The molecule has 194 valence electrons. The van der Waals surface area contributed by atoms with Crippen molar-refractivity contribution in [2.45, 2.75) is 31.3 Å². The molecule has 2 heterocycles. The minimum Gasteiger partial charge on any atom is -0.359 e. The Hall–Kier alpha value is -2.93. The smallest absolute Gasteiger partial charge is 0.156 e. The summed E-state index contributed by atoms with van der Waals surface area (Å²) in [6, 6.07) is 16.6. The molecule has 7 heteroatoms. The molecule has 0 radical (unpaired) electrons. The van der Waals surface area contributed by atoms with Gasteiger partial charge in [-0.05, 0) is 68.5 Å². The summed E-state index contributed by atoms with van der Waals surface area (Å²) in [7, 11) is 4.12. The molecule has 0 aliphatic carbocycles. The summed E-state index contributed by atoms with van der Waals surface area (Å²) in [4.78, 5) is 9.52. The highest BCUT2D eigenvalue weighted by molar-refractivity contribution is 6.34. The van der Waals surface area contributed by atoms with Gasteiger partial charge in [-0.3, -0.25) is 4.99 Å². The highest BCUT2D eigenvalue weighted by Crippen LogP contribution is 2.41. The maximum Gasteiger partial charge on any atom is 0.156 e. The lowest BCUT2D eigenvalue weighted by Crippen LogP contribution is -2.53. The van der Waals surface area contributed by atoms with Gasteiger partial charge in [-0.2, -0.15) is 0 Å². The Morgan fingerprint density at radius 1 is 1.19 bits per heavy atom. The van der Waals surface area contributed by atoms with Crippen LogP contribution in [0.5, 0.6) is 0 Å². The Kier molecular flexibility index (Phi) is 7.79. The minimum atomic E-state index is -0.391. The van der Waals surface area contributed by atoms with E-state index >= 15 is 4.39 Å². The van der Waals surface area contributed by atoms with Gasteiger partial charge in [0.1, 0.15) is 5.84 Å². The minimum absolute atomic E-state index is 0.361. The molecule has 2 saturated heterocycles. The number of rotatable bonds is 8. The van der Waals surface area contributed by atoms with Crippen molar-refractivity contribution in [1.29, 1.82) is 0 Å². The Morgan fingerprint density at radius 2 is 1.92 bits per heavy atom. The van der Waals surface area contributed by atoms with E-state index in [2.05, 4.69) is 41.1 Å². The van der Waals surface area contributed by atoms with E-state index in [0.29, 0.717) is 40.5 Å². The first-order chi connectivity index (χ1) is 18.0. The normalized spacial score (nSPS) is 19.6. The lowest BCUT2D eigenvalue weighted by molar-refractivity contribution is 0.288. The third-order valence-corrected chi connectivity index (χ3v) is 7.60. The van der Waals surface area contributed by atoms with Crippen molar-refractivity contribution >= 4 is 33.9 Å². The Morgan fingerprint density at radius 3 is 2.65 bits per heavy atom. The molecule has 5 nitrogen and oxygen atoms in total. The van der Waals surface area contributed by atoms with Gasteiger partial charge in [0.15, 0.2) is 5.82 Å². The van der Waals surface area contributed by atoms with Crippen molar-refractivity contribution in [3.8, 4) is 11.1 Å². The summed E-state index contributed by atoms with van der Waals surface area (Å²) in [6.45, 7) is 7.13. The largest absolute Gasteiger partial charge is 0.359 e. The quantitative estimate of drug-likeness (QED) is 0.218. The number of benzene rings is 3. The fourth-order valence-corrected chi connectivity index (χ4v) is 5.92. The van der Waals surface area contributed by atoms with Crippen molar-refractivity contribution < 1.29 is 4.39 Å². The van der Waals surface area contributed by atoms with Crippen LogP contribution in [-0.4, -0.2) is 68.0 Å². The fraction of sp³-hybridized carbons (Fsp3) is 0.367. The molecule has 3 aromatic carbocycles. The third-order valence-electron chi connectivity index (χ3n) is 7.31. The van der Waals surface area contributed by atoms with Crippen LogP contribution in [0.2, 0.25) is 5.02 Å². The molecule has 2 fully saturated rings.